The van der Waals surface area contributed by atoms with Crippen LogP contribution < -0.4 is 5.32 Å². The highest BCUT2D eigenvalue weighted by Crippen LogP contribution is 2.27. The highest BCUT2D eigenvalue weighted by Gasteiger charge is 2.18. The maximum atomic E-state index is 13.5. The average Bonchev–Trinajstić information content (AvgIpc) is 2.95. The fourth-order valence-corrected chi connectivity index (χ4v) is 2.60. The maximum Gasteiger partial charge on any atom is 0.259 e. The standard InChI is InChI=1S/C18H15ClFN3O/c1-11-8-16(14(19)9-15(11)20)21-18(24)13-10-23(2)22-17(13)12-6-4-3-5-7-12/h3-10H,1-2H3,(H,21,24). The molecule has 24 heavy (non-hydrogen) atoms. The van der Waals surface area contributed by atoms with Crippen LogP contribution in [0.4, 0.5) is 10.1 Å². The number of nitrogens with zero attached hydrogens (tertiary/aromatic N) is 2. The first-order valence-electron chi connectivity index (χ1n) is 7.32. The molecule has 1 N–H and O–H groups in total. The van der Waals surface area contributed by atoms with Crippen molar-refractivity contribution in [1.29, 1.82) is 0 Å². The minimum atomic E-state index is -0.413. The van der Waals surface area contributed by atoms with Gasteiger partial charge in [0, 0.05) is 18.8 Å². The van der Waals surface area contributed by atoms with Crippen molar-refractivity contribution >= 4 is 23.2 Å². The smallest absolute Gasteiger partial charge is 0.259 e. The van der Waals surface area contributed by atoms with E-state index in [1.807, 2.05) is 30.3 Å². The molecule has 0 saturated carbocycles. The van der Waals surface area contributed by atoms with Crippen molar-refractivity contribution in [3.63, 3.8) is 0 Å². The Kier molecular flexibility index (Phi) is 4.36. The van der Waals surface area contributed by atoms with E-state index in [0.717, 1.165) is 5.56 Å². The molecule has 0 aliphatic heterocycles. The first-order chi connectivity index (χ1) is 11.5. The third-order valence-electron chi connectivity index (χ3n) is 3.62. The summed E-state index contributed by atoms with van der Waals surface area (Å²) in [6.07, 6.45) is 1.64. The van der Waals surface area contributed by atoms with E-state index in [4.69, 9.17) is 11.6 Å². The first-order valence-corrected chi connectivity index (χ1v) is 7.69. The van der Waals surface area contributed by atoms with Crippen LogP contribution in [-0.4, -0.2) is 15.7 Å². The number of hydrogen-bond donors (Lipinski definition) is 1. The molecule has 0 radical (unpaired) electrons. The van der Waals surface area contributed by atoms with Crippen LogP contribution in [0.1, 0.15) is 15.9 Å². The van der Waals surface area contributed by atoms with Gasteiger partial charge in [-0.15, -0.1) is 0 Å². The number of carbonyl (C=O) groups excluding carboxylic acids is 1. The second-order valence-corrected chi connectivity index (χ2v) is 5.87. The van der Waals surface area contributed by atoms with Gasteiger partial charge >= 0.3 is 0 Å². The SMILES string of the molecule is Cc1cc(NC(=O)c2cn(C)nc2-c2ccccc2)c(Cl)cc1F. The van der Waals surface area contributed by atoms with Gasteiger partial charge in [0.05, 0.1) is 16.3 Å². The lowest BCUT2D eigenvalue weighted by atomic mass is 10.1. The van der Waals surface area contributed by atoms with E-state index < -0.39 is 5.82 Å². The second-order valence-electron chi connectivity index (χ2n) is 5.47. The molecule has 0 unspecified atom stereocenters. The van der Waals surface area contributed by atoms with Gasteiger partial charge in [-0.3, -0.25) is 9.48 Å². The minimum absolute atomic E-state index is 0.150. The van der Waals surface area contributed by atoms with Crippen LogP contribution in [0.3, 0.4) is 0 Å². The van der Waals surface area contributed by atoms with Crippen LogP contribution in [0.25, 0.3) is 11.3 Å². The van der Waals surface area contributed by atoms with Gasteiger partial charge in [0.25, 0.3) is 5.91 Å². The number of anilines is 1. The zero-order valence-electron chi connectivity index (χ0n) is 13.2. The van der Waals surface area contributed by atoms with Crippen molar-refractivity contribution in [2.24, 2.45) is 7.05 Å². The molecule has 122 valence electrons. The average molecular weight is 344 g/mol. The monoisotopic (exact) mass is 343 g/mol. The third kappa shape index (κ3) is 3.16. The Morgan fingerprint density at radius 3 is 2.67 bits per heavy atom. The van der Waals surface area contributed by atoms with Crippen molar-refractivity contribution in [2.45, 2.75) is 6.92 Å². The van der Waals surface area contributed by atoms with Gasteiger partial charge in [0.2, 0.25) is 0 Å². The summed E-state index contributed by atoms with van der Waals surface area (Å²) in [6.45, 7) is 1.61. The van der Waals surface area contributed by atoms with Crippen LogP contribution in [0.2, 0.25) is 5.02 Å². The van der Waals surface area contributed by atoms with Crippen LogP contribution >= 0.6 is 11.6 Å². The molecule has 6 heteroatoms. The fourth-order valence-electron chi connectivity index (χ4n) is 2.41. The molecule has 4 nitrogen and oxygen atoms in total. The Bertz CT molecular complexity index is 906. The molecule has 0 fully saturated rings. The van der Waals surface area contributed by atoms with E-state index in [9.17, 15) is 9.18 Å². The van der Waals surface area contributed by atoms with E-state index in [0.29, 0.717) is 22.5 Å². The molecule has 0 saturated heterocycles. The Hall–Kier alpha value is -2.66. The zero-order valence-corrected chi connectivity index (χ0v) is 13.9. The lowest BCUT2D eigenvalue weighted by Crippen LogP contribution is -2.13. The summed E-state index contributed by atoms with van der Waals surface area (Å²) >= 11 is 6.02. The molecule has 3 aromatic rings. The number of aromatic nitrogens is 2. The van der Waals surface area contributed by atoms with Crippen molar-refractivity contribution in [3.05, 3.63) is 70.6 Å². The molecule has 1 heterocycles. The van der Waals surface area contributed by atoms with Gasteiger partial charge in [0.15, 0.2) is 0 Å². The van der Waals surface area contributed by atoms with Crippen molar-refractivity contribution in [2.75, 3.05) is 5.32 Å². The van der Waals surface area contributed by atoms with Crippen LogP contribution in [-0.2, 0) is 7.05 Å². The van der Waals surface area contributed by atoms with Crippen LogP contribution in [0.5, 0.6) is 0 Å². The molecule has 0 aliphatic rings. The number of hydrogen-bond acceptors (Lipinski definition) is 2. The summed E-state index contributed by atoms with van der Waals surface area (Å²) in [5, 5.41) is 7.24. The molecule has 0 atom stereocenters. The largest absolute Gasteiger partial charge is 0.321 e. The quantitative estimate of drug-likeness (QED) is 0.764. The maximum absolute atomic E-state index is 13.5. The molecule has 0 spiro atoms. The highest BCUT2D eigenvalue weighted by molar-refractivity contribution is 6.34. The summed E-state index contributed by atoms with van der Waals surface area (Å²) in [7, 11) is 1.75. The van der Waals surface area contributed by atoms with Gasteiger partial charge in [-0.05, 0) is 24.6 Å². The molecule has 1 amide bonds. The topological polar surface area (TPSA) is 46.9 Å². The van der Waals surface area contributed by atoms with E-state index in [2.05, 4.69) is 10.4 Å². The Balaban J connectivity index is 1.96. The second kappa shape index (κ2) is 6.45. The number of rotatable bonds is 3. The third-order valence-corrected chi connectivity index (χ3v) is 3.93. The van der Waals surface area contributed by atoms with Crippen molar-refractivity contribution < 1.29 is 9.18 Å². The highest BCUT2D eigenvalue weighted by atomic mass is 35.5. The van der Waals surface area contributed by atoms with E-state index in [1.54, 1.807) is 24.9 Å². The summed E-state index contributed by atoms with van der Waals surface area (Å²) in [5.74, 6) is -0.765. The van der Waals surface area contributed by atoms with Crippen molar-refractivity contribution in [3.8, 4) is 11.3 Å². The van der Waals surface area contributed by atoms with Crippen LogP contribution in [0.15, 0.2) is 48.7 Å². The Morgan fingerprint density at radius 2 is 1.96 bits per heavy atom. The number of halogens is 2. The zero-order chi connectivity index (χ0) is 17.3. The number of aryl methyl sites for hydroxylation is 2. The molecule has 0 aliphatic carbocycles. The number of nitrogens with one attached hydrogen (secondary N) is 1. The predicted octanol–water partition coefficient (Wildman–Crippen LogP) is 4.44. The van der Waals surface area contributed by atoms with Gasteiger partial charge in [0.1, 0.15) is 11.5 Å². The molecule has 2 aromatic carbocycles. The summed E-state index contributed by atoms with van der Waals surface area (Å²) < 4.78 is 15.1. The molecule has 1 aromatic heterocycles. The minimum Gasteiger partial charge on any atom is -0.321 e. The van der Waals surface area contributed by atoms with Crippen LogP contribution in [0, 0.1) is 12.7 Å². The summed E-state index contributed by atoms with van der Waals surface area (Å²) in [6, 6.07) is 12.1. The van der Waals surface area contributed by atoms with E-state index in [1.165, 1.54) is 12.1 Å². The van der Waals surface area contributed by atoms with Crippen molar-refractivity contribution in [1.82, 2.24) is 9.78 Å². The molecule has 3 rings (SSSR count). The normalized spacial score (nSPS) is 10.7. The number of benzene rings is 2. The van der Waals surface area contributed by atoms with Gasteiger partial charge in [-0.25, -0.2) is 4.39 Å². The van der Waals surface area contributed by atoms with Gasteiger partial charge in [-0.1, -0.05) is 41.9 Å². The summed E-state index contributed by atoms with van der Waals surface area (Å²) in [5.41, 5.74) is 2.60. The molecule has 0 bridgehead atoms. The first kappa shape index (κ1) is 16.2. The van der Waals surface area contributed by atoms with E-state index >= 15 is 0 Å². The number of carbonyl (C=O) groups is 1. The van der Waals surface area contributed by atoms with E-state index in [-0.39, 0.29) is 10.9 Å². The van der Waals surface area contributed by atoms with Gasteiger partial charge < -0.3 is 5.32 Å². The molecular formula is C18H15ClFN3O. The predicted molar refractivity (Wildman–Crippen MR) is 92.7 cm³/mol. The summed E-state index contributed by atoms with van der Waals surface area (Å²) in [4.78, 5) is 12.7. The number of amides is 1. The lowest BCUT2D eigenvalue weighted by molar-refractivity contribution is 0.102. The Labute approximate surface area is 143 Å². The van der Waals surface area contributed by atoms with Gasteiger partial charge in [-0.2, -0.15) is 5.10 Å². The Morgan fingerprint density at radius 1 is 1.25 bits per heavy atom. The molecular weight excluding hydrogens is 329 g/mol. The lowest BCUT2D eigenvalue weighted by Gasteiger charge is -2.09. The fraction of sp³-hybridized carbons (Fsp3) is 0.111.